The highest BCUT2D eigenvalue weighted by atomic mass is 32.2. The lowest BCUT2D eigenvalue weighted by Gasteiger charge is -2.36. The predicted octanol–water partition coefficient (Wildman–Crippen LogP) is 3.38. The maximum Gasteiger partial charge on any atom is 0.268 e. The molecule has 0 aliphatic carbocycles. The minimum atomic E-state index is -1.18. The topological polar surface area (TPSA) is 97.4 Å². The van der Waals surface area contributed by atoms with E-state index in [1.54, 1.807) is 23.5 Å². The number of aromatic nitrogens is 3. The molecule has 1 unspecified atom stereocenters. The summed E-state index contributed by atoms with van der Waals surface area (Å²) in [4.78, 5) is 30.5. The summed E-state index contributed by atoms with van der Waals surface area (Å²) in [6.07, 6.45) is 2.72. The Kier molecular flexibility index (Phi) is 8.78. The van der Waals surface area contributed by atoms with E-state index >= 15 is 0 Å². The van der Waals surface area contributed by atoms with E-state index in [-0.39, 0.29) is 0 Å². The summed E-state index contributed by atoms with van der Waals surface area (Å²) < 4.78 is 0. The van der Waals surface area contributed by atoms with Gasteiger partial charge < -0.3 is 15.4 Å². The van der Waals surface area contributed by atoms with E-state index in [0.717, 1.165) is 57.2 Å². The number of thioether (sulfide) groups is 3. The van der Waals surface area contributed by atoms with E-state index in [1.165, 1.54) is 11.8 Å². The van der Waals surface area contributed by atoms with Crippen LogP contribution in [0, 0.1) is 6.92 Å². The SMILES string of the molecule is CSc1cc(C)nc(SC)c1NC(=O)C(O)N1CCN(CCSc2nc3ccccc3[nH]2)CC1. The van der Waals surface area contributed by atoms with Gasteiger partial charge in [0.1, 0.15) is 5.03 Å². The molecule has 4 rings (SSSR count). The molecule has 2 aromatic heterocycles. The van der Waals surface area contributed by atoms with Gasteiger partial charge in [0.25, 0.3) is 5.91 Å². The molecule has 1 aliphatic rings. The molecule has 1 aromatic carbocycles. The first-order chi connectivity index (χ1) is 16.5. The van der Waals surface area contributed by atoms with Crippen molar-refractivity contribution in [2.75, 3.05) is 56.3 Å². The number of anilines is 1. The first-order valence-corrected chi connectivity index (χ1v) is 14.5. The Labute approximate surface area is 212 Å². The average Bonchev–Trinajstić information content (AvgIpc) is 3.27. The summed E-state index contributed by atoms with van der Waals surface area (Å²) in [5, 5.41) is 15.3. The fourth-order valence-corrected chi connectivity index (χ4v) is 6.09. The van der Waals surface area contributed by atoms with Crippen molar-refractivity contribution in [1.82, 2.24) is 24.8 Å². The van der Waals surface area contributed by atoms with Gasteiger partial charge in [-0.1, -0.05) is 23.9 Å². The Balaban J connectivity index is 1.25. The number of nitrogens with one attached hydrogen (secondary N) is 2. The quantitative estimate of drug-likeness (QED) is 0.368. The molecule has 3 N–H and O–H groups in total. The number of benzene rings is 1. The van der Waals surface area contributed by atoms with E-state index in [2.05, 4.69) is 25.2 Å². The number of pyridine rings is 1. The van der Waals surface area contributed by atoms with Crippen LogP contribution in [0.1, 0.15) is 5.69 Å². The number of carbonyl (C=O) groups is 1. The van der Waals surface area contributed by atoms with Crippen LogP contribution in [0.3, 0.4) is 0 Å². The first kappa shape index (κ1) is 25.3. The van der Waals surface area contributed by atoms with Crippen LogP contribution < -0.4 is 5.32 Å². The van der Waals surface area contributed by atoms with Gasteiger partial charge in [0.15, 0.2) is 11.4 Å². The zero-order valence-corrected chi connectivity index (χ0v) is 22.0. The number of aromatic amines is 1. The highest BCUT2D eigenvalue weighted by Gasteiger charge is 2.28. The number of piperazine rings is 1. The lowest BCUT2D eigenvalue weighted by molar-refractivity contribution is -0.135. The monoisotopic (exact) mass is 518 g/mol. The van der Waals surface area contributed by atoms with Crippen molar-refractivity contribution < 1.29 is 9.90 Å². The van der Waals surface area contributed by atoms with Crippen LogP contribution >= 0.6 is 35.3 Å². The number of aryl methyl sites for hydroxylation is 1. The predicted molar refractivity (Wildman–Crippen MR) is 142 cm³/mol. The molecular formula is C23H30N6O2S3. The molecule has 0 bridgehead atoms. The fraction of sp³-hybridized carbons (Fsp3) is 0.435. The zero-order valence-electron chi connectivity index (χ0n) is 19.6. The lowest BCUT2D eigenvalue weighted by atomic mass is 10.3. The number of para-hydroxylation sites is 2. The molecule has 3 aromatic rings. The Hall–Kier alpha value is -1.76. The van der Waals surface area contributed by atoms with Gasteiger partial charge in [-0.2, -0.15) is 0 Å². The van der Waals surface area contributed by atoms with E-state index < -0.39 is 12.1 Å². The van der Waals surface area contributed by atoms with Crippen LogP contribution in [0.2, 0.25) is 0 Å². The van der Waals surface area contributed by atoms with E-state index in [4.69, 9.17) is 0 Å². The second-order valence-electron chi connectivity index (χ2n) is 8.00. The number of carbonyl (C=O) groups excluding carboxylic acids is 1. The van der Waals surface area contributed by atoms with Crippen molar-refractivity contribution >= 4 is 57.9 Å². The fourth-order valence-electron chi connectivity index (χ4n) is 3.89. The van der Waals surface area contributed by atoms with Crippen molar-refractivity contribution in [2.24, 2.45) is 0 Å². The maximum atomic E-state index is 12.8. The molecule has 1 amide bonds. The third-order valence-corrected chi connectivity index (χ3v) is 8.04. The largest absolute Gasteiger partial charge is 0.370 e. The van der Waals surface area contributed by atoms with E-state index in [9.17, 15) is 9.90 Å². The van der Waals surface area contributed by atoms with Crippen molar-refractivity contribution in [3.63, 3.8) is 0 Å². The molecule has 0 radical (unpaired) electrons. The van der Waals surface area contributed by atoms with Crippen molar-refractivity contribution in [1.29, 1.82) is 0 Å². The molecule has 1 fully saturated rings. The third kappa shape index (κ3) is 6.07. The number of aliphatic hydroxyl groups is 1. The number of hydrogen-bond acceptors (Lipinski definition) is 9. The van der Waals surface area contributed by atoms with Crippen LogP contribution in [0.4, 0.5) is 5.69 Å². The Morgan fingerprint density at radius 1 is 1.18 bits per heavy atom. The molecule has 1 aliphatic heterocycles. The van der Waals surface area contributed by atoms with Crippen LogP contribution in [-0.4, -0.2) is 93.0 Å². The standard InChI is InChI=1S/C23H30N6O2S3/c1-15-14-18(32-2)19(21(24-15)33-3)27-20(30)22(31)29-10-8-28(9-11-29)12-13-34-23-25-16-6-4-5-7-17(16)26-23/h4-7,14,22,31H,8-13H2,1-3H3,(H,25,26)(H,27,30). The van der Waals surface area contributed by atoms with Crippen molar-refractivity contribution in [3.8, 4) is 0 Å². The molecule has 1 atom stereocenters. The lowest BCUT2D eigenvalue weighted by Crippen LogP contribution is -2.54. The Morgan fingerprint density at radius 3 is 2.65 bits per heavy atom. The van der Waals surface area contributed by atoms with E-state index in [0.29, 0.717) is 18.8 Å². The van der Waals surface area contributed by atoms with Gasteiger partial charge in [-0.05, 0) is 37.6 Å². The number of nitrogens with zero attached hydrogens (tertiary/aromatic N) is 4. The molecule has 182 valence electrons. The number of imidazole rings is 1. The van der Waals surface area contributed by atoms with Crippen molar-refractivity contribution in [3.05, 3.63) is 36.0 Å². The highest BCUT2D eigenvalue weighted by molar-refractivity contribution is 7.99. The number of fused-ring (bicyclic) bond motifs is 1. The number of amides is 1. The first-order valence-electron chi connectivity index (χ1n) is 11.1. The Morgan fingerprint density at radius 2 is 1.94 bits per heavy atom. The van der Waals surface area contributed by atoms with Gasteiger partial charge in [-0.15, -0.1) is 23.5 Å². The van der Waals surface area contributed by atoms with Gasteiger partial charge in [-0.3, -0.25) is 14.6 Å². The van der Waals surface area contributed by atoms with Crippen LogP contribution in [0.25, 0.3) is 11.0 Å². The summed E-state index contributed by atoms with van der Waals surface area (Å²) in [5.74, 6) is 0.517. The van der Waals surface area contributed by atoms with Gasteiger partial charge in [-0.25, -0.2) is 9.97 Å². The zero-order chi connectivity index (χ0) is 24.1. The number of H-pyrrole nitrogens is 1. The number of aliphatic hydroxyl groups excluding tert-OH is 1. The summed E-state index contributed by atoms with van der Waals surface area (Å²) in [6.45, 7) is 5.77. The Bertz CT molecular complexity index is 1070. The van der Waals surface area contributed by atoms with E-state index in [1.807, 2.05) is 54.7 Å². The molecule has 34 heavy (non-hydrogen) atoms. The minimum absolute atomic E-state index is 0.412. The molecule has 11 heteroatoms. The van der Waals surface area contributed by atoms with Gasteiger partial charge in [0, 0.05) is 49.1 Å². The summed E-state index contributed by atoms with van der Waals surface area (Å²) in [7, 11) is 0. The summed E-state index contributed by atoms with van der Waals surface area (Å²) in [5.41, 5.74) is 3.63. The molecular weight excluding hydrogens is 488 g/mol. The number of hydrogen-bond donors (Lipinski definition) is 3. The molecule has 3 heterocycles. The van der Waals surface area contributed by atoms with Crippen LogP contribution in [0.5, 0.6) is 0 Å². The second kappa shape index (κ2) is 11.8. The number of rotatable bonds is 9. The summed E-state index contributed by atoms with van der Waals surface area (Å²) >= 11 is 4.76. The van der Waals surface area contributed by atoms with Crippen LogP contribution in [0.15, 0.2) is 45.4 Å². The average molecular weight is 519 g/mol. The summed E-state index contributed by atoms with van der Waals surface area (Å²) in [6, 6.07) is 9.99. The van der Waals surface area contributed by atoms with Gasteiger partial charge in [0.05, 0.1) is 16.7 Å². The highest BCUT2D eigenvalue weighted by Crippen LogP contribution is 2.33. The minimum Gasteiger partial charge on any atom is -0.370 e. The smallest absolute Gasteiger partial charge is 0.268 e. The molecule has 1 saturated heterocycles. The maximum absolute atomic E-state index is 12.8. The van der Waals surface area contributed by atoms with Crippen LogP contribution in [-0.2, 0) is 4.79 Å². The molecule has 0 spiro atoms. The molecule has 0 saturated carbocycles. The normalized spacial score (nSPS) is 16.1. The molecule has 8 nitrogen and oxygen atoms in total. The van der Waals surface area contributed by atoms with Crippen molar-refractivity contribution in [2.45, 2.75) is 28.2 Å². The second-order valence-corrected chi connectivity index (χ2v) is 10.7. The third-order valence-electron chi connectivity index (χ3n) is 5.74. The van der Waals surface area contributed by atoms with Gasteiger partial charge >= 0.3 is 0 Å². The van der Waals surface area contributed by atoms with Gasteiger partial charge in [0.2, 0.25) is 0 Å².